The Kier molecular flexibility index (Phi) is 6.42. The predicted octanol–water partition coefficient (Wildman–Crippen LogP) is 3.50. The molecule has 0 heterocycles. The van der Waals surface area contributed by atoms with E-state index in [4.69, 9.17) is 11.2 Å². The van der Waals surface area contributed by atoms with Crippen LogP contribution in [0.15, 0.2) is 24.3 Å². The lowest BCUT2D eigenvalue weighted by Crippen LogP contribution is -2.49. The summed E-state index contributed by atoms with van der Waals surface area (Å²) in [7, 11) is 1.57. The first kappa shape index (κ1) is 19.6. The standard InChI is InChI=1S/C19H26N2O3/c1-8-14-9-11-15(12-10-14)20-17(22)16(13(2)3)21(7)18(23)24-19(4,5)6/h1,9-13,16H,2-7H3,(H,20,22). The van der Waals surface area contributed by atoms with E-state index in [-0.39, 0.29) is 11.8 Å². The number of terminal acetylenes is 1. The minimum absolute atomic E-state index is 0.0764. The molecule has 0 aliphatic heterocycles. The van der Waals surface area contributed by atoms with Crippen molar-refractivity contribution in [3.05, 3.63) is 29.8 Å². The van der Waals surface area contributed by atoms with E-state index in [0.29, 0.717) is 5.69 Å². The largest absolute Gasteiger partial charge is 0.444 e. The van der Waals surface area contributed by atoms with Crippen molar-refractivity contribution in [2.75, 3.05) is 12.4 Å². The van der Waals surface area contributed by atoms with Crippen LogP contribution in [0.4, 0.5) is 10.5 Å². The number of carbonyl (C=O) groups excluding carboxylic acids is 2. The summed E-state index contributed by atoms with van der Waals surface area (Å²) in [6.07, 6.45) is 4.79. The zero-order valence-electron chi connectivity index (χ0n) is 15.2. The van der Waals surface area contributed by atoms with E-state index in [9.17, 15) is 9.59 Å². The Morgan fingerprint density at radius 2 is 1.75 bits per heavy atom. The second-order valence-corrected chi connectivity index (χ2v) is 6.99. The topological polar surface area (TPSA) is 58.6 Å². The number of hydrogen-bond donors (Lipinski definition) is 1. The summed E-state index contributed by atoms with van der Waals surface area (Å²) in [4.78, 5) is 26.2. The Labute approximate surface area is 144 Å². The van der Waals surface area contributed by atoms with Crippen molar-refractivity contribution in [1.29, 1.82) is 0 Å². The quantitative estimate of drug-likeness (QED) is 0.860. The predicted molar refractivity (Wildman–Crippen MR) is 95.6 cm³/mol. The van der Waals surface area contributed by atoms with Crippen LogP contribution < -0.4 is 5.32 Å². The number of anilines is 1. The molecule has 1 rings (SSSR count). The van der Waals surface area contributed by atoms with Gasteiger partial charge in [0.25, 0.3) is 0 Å². The second kappa shape index (κ2) is 7.87. The van der Waals surface area contributed by atoms with Crippen molar-refractivity contribution < 1.29 is 14.3 Å². The van der Waals surface area contributed by atoms with Gasteiger partial charge >= 0.3 is 6.09 Å². The lowest BCUT2D eigenvalue weighted by atomic mass is 10.0. The highest BCUT2D eigenvalue weighted by atomic mass is 16.6. The molecule has 5 nitrogen and oxygen atoms in total. The smallest absolute Gasteiger partial charge is 0.410 e. The molecule has 5 heteroatoms. The summed E-state index contributed by atoms with van der Waals surface area (Å²) in [5.41, 5.74) is 0.746. The van der Waals surface area contributed by atoms with Crippen LogP contribution in [0.25, 0.3) is 0 Å². The van der Waals surface area contributed by atoms with Gasteiger partial charge in [0.1, 0.15) is 11.6 Å². The van der Waals surface area contributed by atoms with Gasteiger partial charge < -0.3 is 10.1 Å². The molecule has 0 spiro atoms. The Balaban J connectivity index is 2.88. The number of nitrogens with zero attached hydrogens (tertiary/aromatic N) is 1. The molecule has 1 aromatic carbocycles. The van der Waals surface area contributed by atoms with Crippen LogP contribution in [0.1, 0.15) is 40.2 Å². The maximum atomic E-state index is 12.6. The van der Waals surface area contributed by atoms with Crippen molar-refractivity contribution in [2.24, 2.45) is 5.92 Å². The van der Waals surface area contributed by atoms with E-state index in [0.717, 1.165) is 5.56 Å². The summed E-state index contributed by atoms with van der Waals surface area (Å²) < 4.78 is 5.35. The fraction of sp³-hybridized carbons (Fsp3) is 0.474. The second-order valence-electron chi connectivity index (χ2n) is 6.99. The van der Waals surface area contributed by atoms with E-state index in [1.165, 1.54) is 4.90 Å². The average Bonchev–Trinajstić information content (AvgIpc) is 2.45. The van der Waals surface area contributed by atoms with E-state index in [2.05, 4.69) is 11.2 Å². The molecule has 2 amide bonds. The first-order valence-electron chi connectivity index (χ1n) is 7.88. The molecular weight excluding hydrogens is 304 g/mol. The number of rotatable bonds is 4. The van der Waals surface area contributed by atoms with Gasteiger partial charge in [-0.2, -0.15) is 0 Å². The van der Waals surface area contributed by atoms with Crippen LogP contribution in [0.2, 0.25) is 0 Å². The van der Waals surface area contributed by atoms with Gasteiger partial charge in [0.05, 0.1) is 0 Å². The summed E-state index contributed by atoms with van der Waals surface area (Å²) >= 11 is 0. The zero-order chi connectivity index (χ0) is 18.5. The van der Waals surface area contributed by atoms with Crippen molar-refractivity contribution >= 4 is 17.7 Å². The average molecular weight is 330 g/mol. The number of carbonyl (C=O) groups is 2. The molecule has 130 valence electrons. The number of ether oxygens (including phenoxy) is 1. The number of hydrogen-bond acceptors (Lipinski definition) is 3. The van der Waals surface area contributed by atoms with Gasteiger partial charge in [-0.3, -0.25) is 9.69 Å². The summed E-state index contributed by atoms with van der Waals surface area (Å²) in [5.74, 6) is 2.17. The molecule has 1 aromatic rings. The first-order valence-corrected chi connectivity index (χ1v) is 7.88. The summed E-state index contributed by atoms with van der Waals surface area (Å²) in [5, 5.41) is 2.82. The van der Waals surface area contributed by atoms with Crippen molar-refractivity contribution in [3.8, 4) is 12.3 Å². The van der Waals surface area contributed by atoms with E-state index in [1.807, 2.05) is 13.8 Å². The molecule has 1 unspecified atom stereocenters. The molecule has 0 aromatic heterocycles. The normalized spacial score (nSPS) is 12.2. The van der Waals surface area contributed by atoms with E-state index >= 15 is 0 Å². The maximum absolute atomic E-state index is 12.6. The third-order valence-corrected chi connectivity index (χ3v) is 3.32. The van der Waals surface area contributed by atoms with Crippen LogP contribution in [0.3, 0.4) is 0 Å². The monoisotopic (exact) mass is 330 g/mol. The van der Waals surface area contributed by atoms with Crippen molar-refractivity contribution in [2.45, 2.75) is 46.3 Å². The Hall–Kier alpha value is -2.48. The molecular formula is C19H26N2O3. The SMILES string of the molecule is C#Cc1ccc(NC(=O)C(C(C)C)N(C)C(=O)OC(C)(C)C)cc1. The van der Waals surface area contributed by atoms with Crippen LogP contribution in [-0.4, -0.2) is 35.6 Å². The summed E-state index contributed by atoms with van der Waals surface area (Å²) in [6.45, 7) is 9.13. The van der Waals surface area contributed by atoms with Gasteiger partial charge in [-0.15, -0.1) is 6.42 Å². The van der Waals surface area contributed by atoms with Gasteiger partial charge in [0.15, 0.2) is 0 Å². The van der Waals surface area contributed by atoms with E-state index < -0.39 is 17.7 Å². The fourth-order valence-electron chi connectivity index (χ4n) is 2.24. The highest BCUT2D eigenvalue weighted by molar-refractivity contribution is 5.96. The molecule has 24 heavy (non-hydrogen) atoms. The number of nitrogens with one attached hydrogen (secondary N) is 1. The Morgan fingerprint density at radius 1 is 1.21 bits per heavy atom. The van der Waals surface area contributed by atoms with Gasteiger partial charge in [-0.1, -0.05) is 19.8 Å². The van der Waals surface area contributed by atoms with Gasteiger partial charge in [0.2, 0.25) is 5.91 Å². The summed E-state index contributed by atoms with van der Waals surface area (Å²) in [6, 6.07) is 6.32. The molecule has 1 N–H and O–H groups in total. The van der Waals surface area contributed by atoms with Gasteiger partial charge in [0, 0.05) is 18.3 Å². The van der Waals surface area contributed by atoms with Crippen LogP contribution in [-0.2, 0) is 9.53 Å². The minimum atomic E-state index is -0.646. The van der Waals surface area contributed by atoms with Gasteiger partial charge in [-0.05, 0) is 51.0 Å². The fourth-order valence-corrected chi connectivity index (χ4v) is 2.24. The maximum Gasteiger partial charge on any atom is 0.410 e. The molecule has 0 saturated carbocycles. The number of likely N-dealkylation sites (N-methyl/N-ethyl adjacent to an activating group) is 1. The first-order chi connectivity index (χ1) is 11.0. The zero-order valence-corrected chi connectivity index (χ0v) is 15.2. The lowest BCUT2D eigenvalue weighted by molar-refractivity contribution is -0.122. The minimum Gasteiger partial charge on any atom is -0.444 e. The van der Waals surface area contributed by atoms with Crippen LogP contribution >= 0.6 is 0 Å². The lowest BCUT2D eigenvalue weighted by Gasteiger charge is -2.32. The molecule has 0 aliphatic carbocycles. The highest BCUT2D eigenvalue weighted by Gasteiger charge is 2.32. The van der Waals surface area contributed by atoms with Crippen molar-refractivity contribution in [1.82, 2.24) is 4.90 Å². The number of benzene rings is 1. The Morgan fingerprint density at radius 3 is 2.17 bits per heavy atom. The van der Waals surface area contributed by atoms with Gasteiger partial charge in [-0.25, -0.2) is 4.79 Å². The third-order valence-electron chi connectivity index (χ3n) is 3.32. The molecule has 0 saturated heterocycles. The third kappa shape index (κ3) is 5.62. The molecule has 0 fully saturated rings. The highest BCUT2D eigenvalue weighted by Crippen LogP contribution is 2.17. The number of amides is 2. The Bertz CT molecular complexity index is 621. The van der Waals surface area contributed by atoms with Crippen LogP contribution in [0.5, 0.6) is 0 Å². The molecule has 0 radical (unpaired) electrons. The van der Waals surface area contributed by atoms with E-state index in [1.54, 1.807) is 52.1 Å². The molecule has 1 atom stereocenters. The molecule has 0 aliphatic rings. The molecule has 0 bridgehead atoms. The van der Waals surface area contributed by atoms with Crippen LogP contribution in [0, 0.1) is 18.3 Å². The van der Waals surface area contributed by atoms with Crippen molar-refractivity contribution in [3.63, 3.8) is 0 Å².